The number of aliphatic hydroxyl groups excluding tert-OH is 1. The first-order valence-electron chi connectivity index (χ1n) is 6.69. The highest BCUT2D eigenvalue weighted by atomic mass is 32.2. The Morgan fingerprint density at radius 2 is 2.09 bits per heavy atom. The summed E-state index contributed by atoms with van der Waals surface area (Å²) in [6.45, 7) is -0.132. The predicted molar refractivity (Wildman–Crippen MR) is 85.4 cm³/mol. The molecule has 1 aromatic carbocycles. The minimum Gasteiger partial charge on any atom is -0.477 e. The van der Waals surface area contributed by atoms with Gasteiger partial charge in [-0.25, -0.2) is 14.8 Å². The number of aromatic carboxylic acids is 1. The van der Waals surface area contributed by atoms with Gasteiger partial charge in [-0.05, 0) is 18.2 Å². The minimum absolute atomic E-state index is 0.00990. The number of rotatable bonds is 7. The van der Waals surface area contributed by atoms with E-state index < -0.39 is 5.97 Å². The number of hydrogen-bond acceptors (Lipinski definition) is 6. The van der Waals surface area contributed by atoms with Crippen LogP contribution in [0.1, 0.15) is 15.9 Å². The van der Waals surface area contributed by atoms with Gasteiger partial charge in [-0.3, -0.25) is 0 Å². The molecule has 2 aromatic rings. The fraction of sp³-hybridized carbons (Fsp3) is 0.267. The van der Waals surface area contributed by atoms with E-state index in [2.05, 4.69) is 15.3 Å². The Balaban J connectivity index is 2.21. The molecule has 1 aromatic heterocycles. The molecule has 2 rings (SSSR count). The Kier molecular flexibility index (Phi) is 5.74. The molecule has 1 unspecified atom stereocenters. The van der Waals surface area contributed by atoms with Gasteiger partial charge in [0.15, 0.2) is 5.16 Å². The van der Waals surface area contributed by atoms with Crippen molar-refractivity contribution < 1.29 is 15.0 Å². The van der Waals surface area contributed by atoms with Crippen molar-refractivity contribution in [2.24, 2.45) is 0 Å². The Hall–Kier alpha value is -2.12. The maximum Gasteiger partial charge on any atom is 0.341 e. The van der Waals surface area contributed by atoms with Crippen LogP contribution in [0.25, 0.3) is 0 Å². The van der Waals surface area contributed by atoms with Gasteiger partial charge in [0.1, 0.15) is 11.4 Å². The van der Waals surface area contributed by atoms with Crippen LogP contribution < -0.4 is 5.32 Å². The number of carboxylic acids is 1. The molecule has 0 fully saturated rings. The van der Waals surface area contributed by atoms with Gasteiger partial charge in [-0.1, -0.05) is 42.1 Å². The molecular formula is C15H17N3O3S. The van der Waals surface area contributed by atoms with Crippen molar-refractivity contribution >= 4 is 23.5 Å². The SMILES string of the molecule is CSc1ncc(C(=O)O)c(NC(CO)Cc2ccccc2)n1. The molecule has 22 heavy (non-hydrogen) atoms. The zero-order valence-electron chi connectivity index (χ0n) is 12.1. The number of anilines is 1. The molecule has 0 aliphatic rings. The number of carboxylic acid groups (broad SMARTS) is 1. The summed E-state index contributed by atoms with van der Waals surface area (Å²) in [6.07, 6.45) is 3.66. The lowest BCUT2D eigenvalue weighted by atomic mass is 10.1. The number of aliphatic hydroxyl groups is 1. The topological polar surface area (TPSA) is 95.3 Å². The quantitative estimate of drug-likeness (QED) is 0.530. The Labute approximate surface area is 132 Å². The monoisotopic (exact) mass is 319 g/mol. The van der Waals surface area contributed by atoms with Crippen molar-refractivity contribution in [1.82, 2.24) is 9.97 Å². The summed E-state index contributed by atoms with van der Waals surface area (Å²) in [6, 6.07) is 9.34. The van der Waals surface area contributed by atoms with E-state index in [9.17, 15) is 15.0 Å². The summed E-state index contributed by atoms with van der Waals surface area (Å²) in [5, 5.41) is 22.2. The van der Waals surface area contributed by atoms with Crippen LogP contribution in [0.5, 0.6) is 0 Å². The highest BCUT2D eigenvalue weighted by Gasteiger charge is 2.17. The van der Waals surface area contributed by atoms with E-state index in [1.54, 1.807) is 0 Å². The average Bonchev–Trinajstić information content (AvgIpc) is 2.54. The van der Waals surface area contributed by atoms with E-state index in [1.807, 2.05) is 36.6 Å². The zero-order chi connectivity index (χ0) is 15.9. The van der Waals surface area contributed by atoms with Crippen LogP contribution in [0.15, 0.2) is 41.7 Å². The normalized spacial score (nSPS) is 11.9. The van der Waals surface area contributed by atoms with Crippen LogP contribution in [0.4, 0.5) is 5.82 Å². The van der Waals surface area contributed by atoms with Crippen LogP contribution in [0.2, 0.25) is 0 Å². The summed E-state index contributed by atoms with van der Waals surface area (Å²) >= 11 is 1.32. The summed E-state index contributed by atoms with van der Waals surface area (Å²) in [5.41, 5.74) is 1.04. The summed E-state index contributed by atoms with van der Waals surface area (Å²) in [5.74, 6) is -0.881. The lowest BCUT2D eigenvalue weighted by Crippen LogP contribution is -2.28. The first kappa shape index (κ1) is 16.3. The number of nitrogens with one attached hydrogen (secondary N) is 1. The first-order valence-corrected chi connectivity index (χ1v) is 7.92. The molecule has 0 aliphatic carbocycles. The number of hydrogen-bond donors (Lipinski definition) is 3. The van der Waals surface area contributed by atoms with Gasteiger partial charge < -0.3 is 15.5 Å². The molecule has 6 nitrogen and oxygen atoms in total. The molecule has 0 saturated heterocycles. The predicted octanol–water partition coefficient (Wildman–Crippen LogP) is 1.91. The van der Waals surface area contributed by atoms with Crippen LogP contribution in [-0.4, -0.2) is 45.1 Å². The number of nitrogens with zero attached hydrogens (tertiary/aromatic N) is 2. The van der Waals surface area contributed by atoms with E-state index >= 15 is 0 Å². The smallest absolute Gasteiger partial charge is 0.341 e. The molecule has 1 atom stereocenters. The lowest BCUT2D eigenvalue weighted by molar-refractivity contribution is 0.0696. The maximum absolute atomic E-state index is 11.3. The van der Waals surface area contributed by atoms with E-state index in [4.69, 9.17) is 0 Å². The second-order valence-corrected chi connectivity index (χ2v) is 5.41. The average molecular weight is 319 g/mol. The highest BCUT2D eigenvalue weighted by molar-refractivity contribution is 7.98. The summed E-state index contributed by atoms with van der Waals surface area (Å²) < 4.78 is 0. The molecule has 0 radical (unpaired) electrons. The molecule has 0 bridgehead atoms. The van der Waals surface area contributed by atoms with Gasteiger partial charge in [-0.15, -0.1) is 0 Å². The Bertz CT molecular complexity index is 637. The molecule has 3 N–H and O–H groups in total. The van der Waals surface area contributed by atoms with E-state index in [0.717, 1.165) is 5.56 Å². The standard InChI is InChI=1S/C15H17N3O3S/c1-22-15-16-8-12(14(20)21)13(18-15)17-11(9-19)7-10-5-3-2-4-6-10/h2-6,8,11,19H,7,9H2,1H3,(H,20,21)(H,16,17,18). The van der Waals surface area contributed by atoms with Crippen molar-refractivity contribution in [2.75, 3.05) is 18.2 Å². The van der Waals surface area contributed by atoms with Crippen molar-refractivity contribution in [3.05, 3.63) is 47.7 Å². The highest BCUT2D eigenvalue weighted by Crippen LogP contribution is 2.18. The van der Waals surface area contributed by atoms with Gasteiger partial charge in [0.2, 0.25) is 0 Å². The number of carbonyl (C=O) groups is 1. The second-order valence-electron chi connectivity index (χ2n) is 4.64. The summed E-state index contributed by atoms with van der Waals surface area (Å²) in [7, 11) is 0. The van der Waals surface area contributed by atoms with Gasteiger partial charge in [0.05, 0.1) is 12.6 Å². The molecule has 1 heterocycles. The maximum atomic E-state index is 11.3. The summed E-state index contributed by atoms with van der Waals surface area (Å²) in [4.78, 5) is 19.4. The molecule has 0 spiro atoms. The van der Waals surface area contributed by atoms with Crippen molar-refractivity contribution in [2.45, 2.75) is 17.6 Å². The largest absolute Gasteiger partial charge is 0.477 e. The van der Waals surface area contributed by atoms with E-state index in [-0.39, 0.29) is 24.0 Å². The third-order valence-corrected chi connectivity index (χ3v) is 3.63. The van der Waals surface area contributed by atoms with Crippen molar-refractivity contribution in [3.8, 4) is 0 Å². The van der Waals surface area contributed by atoms with Crippen molar-refractivity contribution in [1.29, 1.82) is 0 Å². The van der Waals surface area contributed by atoms with Crippen LogP contribution >= 0.6 is 11.8 Å². The Morgan fingerprint density at radius 3 is 2.68 bits per heavy atom. The molecule has 116 valence electrons. The molecule has 0 saturated carbocycles. The third-order valence-electron chi connectivity index (χ3n) is 3.07. The van der Waals surface area contributed by atoms with Gasteiger partial charge >= 0.3 is 5.97 Å². The molecule has 7 heteroatoms. The molecule has 0 aliphatic heterocycles. The van der Waals surface area contributed by atoms with Gasteiger partial charge in [0.25, 0.3) is 0 Å². The van der Waals surface area contributed by atoms with E-state index in [1.165, 1.54) is 18.0 Å². The fourth-order valence-electron chi connectivity index (χ4n) is 1.98. The minimum atomic E-state index is -1.11. The second kappa shape index (κ2) is 7.77. The number of thioether (sulfide) groups is 1. The zero-order valence-corrected chi connectivity index (χ0v) is 12.9. The number of benzene rings is 1. The first-order chi connectivity index (χ1) is 10.6. The van der Waals surface area contributed by atoms with Crippen LogP contribution in [-0.2, 0) is 6.42 Å². The molecule has 0 amide bonds. The van der Waals surface area contributed by atoms with Crippen LogP contribution in [0.3, 0.4) is 0 Å². The number of aromatic nitrogens is 2. The Morgan fingerprint density at radius 1 is 1.36 bits per heavy atom. The van der Waals surface area contributed by atoms with Gasteiger partial charge in [-0.2, -0.15) is 0 Å². The third kappa shape index (κ3) is 4.19. The van der Waals surface area contributed by atoms with Crippen LogP contribution in [0, 0.1) is 0 Å². The van der Waals surface area contributed by atoms with Crippen molar-refractivity contribution in [3.63, 3.8) is 0 Å². The lowest BCUT2D eigenvalue weighted by Gasteiger charge is -2.18. The fourth-order valence-corrected chi connectivity index (χ4v) is 2.32. The van der Waals surface area contributed by atoms with Gasteiger partial charge in [0, 0.05) is 6.20 Å². The van der Waals surface area contributed by atoms with E-state index in [0.29, 0.717) is 11.6 Å². The molecular weight excluding hydrogens is 302 g/mol.